The third kappa shape index (κ3) is 2.46. The zero-order valence-electron chi connectivity index (χ0n) is 14.0. The molecule has 0 aliphatic rings. The molecule has 0 radical (unpaired) electrons. The standard InChI is InChI=1S/C19H17N7/c20-8-15-7-14-4-3-13(6-17(14)22-15)10-26-11-18(23-24-26)16-2-1-5-25-12-21-9-19(16)25/h1-7,9,11-12,22H,8,10,20H2. The maximum Gasteiger partial charge on any atom is 0.115 e. The van der Waals surface area contributed by atoms with Crippen LogP contribution in [0.25, 0.3) is 27.7 Å². The van der Waals surface area contributed by atoms with Crippen molar-refractivity contribution in [3.05, 3.63) is 72.6 Å². The van der Waals surface area contributed by atoms with E-state index in [0.717, 1.165) is 33.5 Å². The number of hydrogen-bond donors (Lipinski definition) is 2. The Bertz CT molecular complexity index is 1210. The van der Waals surface area contributed by atoms with Crippen molar-refractivity contribution in [2.24, 2.45) is 5.73 Å². The van der Waals surface area contributed by atoms with E-state index in [1.165, 1.54) is 5.39 Å². The van der Waals surface area contributed by atoms with Crippen LogP contribution in [0.5, 0.6) is 0 Å². The van der Waals surface area contributed by atoms with Crippen molar-refractivity contribution in [2.45, 2.75) is 13.1 Å². The van der Waals surface area contributed by atoms with Gasteiger partial charge in [-0.3, -0.25) is 0 Å². The second kappa shape index (κ2) is 5.82. The van der Waals surface area contributed by atoms with Crippen LogP contribution in [0, 0.1) is 0 Å². The molecule has 0 saturated carbocycles. The number of aromatic amines is 1. The van der Waals surface area contributed by atoms with Crippen LogP contribution in [0.4, 0.5) is 0 Å². The monoisotopic (exact) mass is 343 g/mol. The minimum atomic E-state index is 0.511. The van der Waals surface area contributed by atoms with Gasteiger partial charge in [-0.1, -0.05) is 17.3 Å². The molecule has 5 aromatic rings. The summed E-state index contributed by atoms with van der Waals surface area (Å²) in [5.74, 6) is 0. The lowest BCUT2D eigenvalue weighted by Crippen LogP contribution is -2.00. The maximum atomic E-state index is 5.71. The number of benzene rings is 1. The first-order chi connectivity index (χ1) is 12.8. The Labute approximate surface area is 149 Å². The van der Waals surface area contributed by atoms with Crippen molar-refractivity contribution in [2.75, 3.05) is 0 Å². The Balaban J connectivity index is 1.46. The van der Waals surface area contributed by atoms with Crippen LogP contribution in [0.2, 0.25) is 0 Å². The first kappa shape index (κ1) is 14.9. The van der Waals surface area contributed by atoms with Crippen LogP contribution in [0.15, 0.2) is 61.3 Å². The van der Waals surface area contributed by atoms with Crippen molar-refractivity contribution in [1.82, 2.24) is 29.4 Å². The average molecular weight is 343 g/mol. The van der Waals surface area contributed by atoms with Crippen molar-refractivity contribution >= 4 is 16.4 Å². The summed E-state index contributed by atoms with van der Waals surface area (Å²) < 4.78 is 3.83. The third-order valence-electron chi connectivity index (χ3n) is 4.57. The minimum Gasteiger partial charge on any atom is -0.357 e. The summed E-state index contributed by atoms with van der Waals surface area (Å²) >= 11 is 0. The summed E-state index contributed by atoms with van der Waals surface area (Å²) in [6, 6.07) is 12.4. The molecule has 5 rings (SSSR count). The molecule has 0 spiro atoms. The van der Waals surface area contributed by atoms with Gasteiger partial charge < -0.3 is 15.1 Å². The minimum absolute atomic E-state index is 0.511. The first-order valence-corrected chi connectivity index (χ1v) is 8.42. The van der Waals surface area contributed by atoms with E-state index < -0.39 is 0 Å². The molecular weight excluding hydrogens is 326 g/mol. The molecule has 7 nitrogen and oxygen atoms in total. The summed E-state index contributed by atoms with van der Waals surface area (Å²) in [7, 11) is 0. The number of nitrogens with one attached hydrogen (secondary N) is 1. The molecule has 0 amide bonds. The average Bonchev–Trinajstić information content (AvgIpc) is 3.39. The Hall–Kier alpha value is -3.45. The summed E-state index contributed by atoms with van der Waals surface area (Å²) in [6.07, 6.45) is 7.55. The van der Waals surface area contributed by atoms with Crippen molar-refractivity contribution in [1.29, 1.82) is 0 Å². The molecule has 4 aromatic heterocycles. The summed E-state index contributed by atoms with van der Waals surface area (Å²) in [4.78, 5) is 7.54. The van der Waals surface area contributed by atoms with E-state index in [0.29, 0.717) is 13.1 Å². The number of fused-ring (bicyclic) bond motifs is 2. The summed E-state index contributed by atoms with van der Waals surface area (Å²) in [5.41, 5.74) is 11.9. The second-order valence-electron chi connectivity index (χ2n) is 6.33. The molecule has 1 aromatic carbocycles. The smallest absolute Gasteiger partial charge is 0.115 e. The van der Waals surface area contributed by atoms with E-state index in [-0.39, 0.29) is 0 Å². The van der Waals surface area contributed by atoms with Crippen LogP contribution in [0.1, 0.15) is 11.3 Å². The van der Waals surface area contributed by atoms with Crippen molar-refractivity contribution in [3.8, 4) is 11.3 Å². The number of H-pyrrole nitrogens is 1. The Morgan fingerprint density at radius 3 is 3.04 bits per heavy atom. The van der Waals surface area contributed by atoms with Crippen molar-refractivity contribution in [3.63, 3.8) is 0 Å². The normalized spacial score (nSPS) is 11.6. The van der Waals surface area contributed by atoms with Crippen LogP contribution in [-0.4, -0.2) is 29.4 Å². The number of rotatable bonds is 4. The molecule has 0 bridgehead atoms. The molecule has 128 valence electrons. The highest BCUT2D eigenvalue weighted by molar-refractivity contribution is 5.81. The van der Waals surface area contributed by atoms with Gasteiger partial charge in [0.1, 0.15) is 5.69 Å². The number of hydrogen-bond acceptors (Lipinski definition) is 4. The van der Waals surface area contributed by atoms with Gasteiger partial charge in [0.2, 0.25) is 0 Å². The molecule has 0 fully saturated rings. The second-order valence-corrected chi connectivity index (χ2v) is 6.33. The van der Waals surface area contributed by atoms with E-state index in [1.807, 2.05) is 39.8 Å². The number of imidazole rings is 1. The first-order valence-electron chi connectivity index (χ1n) is 8.42. The van der Waals surface area contributed by atoms with E-state index in [2.05, 4.69) is 44.5 Å². The highest BCUT2D eigenvalue weighted by Gasteiger charge is 2.09. The Morgan fingerprint density at radius 1 is 1.15 bits per heavy atom. The molecule has 26 heavy (non-hydrogen) atoms. The lowest BCUT2D eigenvalue weighted by atomic mass is 10.1. The number of pyridine rings is 1. The SMILES string of the molecule is NCc1cc2ccc(Cn3cc(-c4cccn5cncc45)nn3)cc2[nH]1. The van der Waals surface area contributed by atoms with E-state index in [1.54, 1.807) is 6.33 Å². The molecule has 0 atom stereocenters. The molecule has 0 aliphatic heterocycles. The van der Waals surface area contributed by atoms with Gasteiger partial charge in [0, 0.05) is 29.5 Å². The Kier molecular flexibility index (Phi) is 3.32. The topological polar surface area (TPSA) is 89.8 Å². The van der Waals surface area contributed by atoms with E-state index in [9.17, 15) is 0 Å². The number of nitrogens with two attached hydrogens (primary N) is 1. The molecule has 3 N–H and O–H groups in total. The van der Waals surface area contributed by atoms with Crippen LogP contribution in [0.3, 0.4) is 0 Å². The van der Waals surface area contributed by atoms with E-state index in [4.69, 9.17) is 5.73 Å². The molecule has 0 unspecified atom stereocenters. The fraction of sp³-hybridized carbons (Fsp3) is 0.105. The molecular formula is C19H17N7. The predicted molar refractivity (Wildman–Crippen MR) is 99.5 cm³/mol. The summed E-state index contributed by atoms with van der Waals surface area (Å²) in [5, 5.41) is 9.79. The van der Waals surface area contributed by atoms with Crippen LogP contribution < -0.4 is 5.73 Å². The zero-order valence-corrected chi connectivity index (χ0v) is 14.0. The number of nitrogens with zero attached hydrogens (tertiary/aromatic N) is 5. The van der Waals surface area contributed by atoms with Crippen LogP contribution in [-0.2, 0) is 13.1 Å². The molecule has 4 heterocycles. The Morgan fingerprint density at radius 2 is 2.12 bits per heavy atom. The largest absolute Gasteiger partial charge is 0.357 e. The van der Waals surface area contributed by atoms with Gasteiger partial charge in [-0.15, -0.1) is 5.10 Å². The highest BCUT2D eigenvalue weighted by Crippen LogP contribution is 2.22. The molecule has 0 saturated heterocycles. The fourth-order valence-electron chi connectivity index (χ4n) is 3.29. The maximum absolute atomic E-state index is 5.71. The van der Waals surface area contributed by atoms with Gasteiger partial charge in [-0.05, 0) is 35.2 Å². The zero-order chi connectivity index (χ0) is 17.5. The molecule has 7 heteroatoms. The van der Waals surface area contributed by atoms with Gasteiger partial charge >= 0.3 is 0 Å². The fourth-order valence-corrected chi connectivity index (χ4v) is 3.29. The van der Waals surface area contributed by atoms with Gasteiger partial charge in [0.15, 0.2) is 0 Å². The van der Waals surface area contributed by atoms with Gasteiger partial charge in [0.05, 0.1) is 30.8 Å². The molecule has 0 aliphatic carbocycles. The van der Waals surface area contributed by atoms with Gasteiger partial charge in [-0.2, -0.15) is 0 Å². The number of aromatic nitrogens is 6. The lowest BCUT2D eigenvalue weighted by molar-refractivity contribution is 0.650. The predicted octanol–water partition coefficient (Wildman–Crippen LogP) is 2.58. The summed E-state index contributed by atoms with van der Waals surface area (Å²) in [6.45, 7) is 1.17. The van der Waals surface area contributed by atoms with Gasteiger partial charge in [-0.25, -0.2) is 9.67 Å². The van der Waals surface area contributed by atoms with Crippen LogP contribution >= 0.6 is 0 Å². The quantitative estimate of drug-likeness (QED) is 0.525. The van der Waals surface area contributed by atoms with Gasteiger partial charge in [0.25, 0.3) is 0 Å². The highest BCUT2D eigenvalue weighted by atomic mass is 15.4. The third-order valence-corrected chi connectivity index (χ3v) is 4.57. The van der Waals surface area contributed by atoms with Crippen molar-refractivity contribution < 1.29 is 0 Å². The lowest BCUT2D eigenvalue weighted by Gasteiger charge is -2.02. The van der Waals surface area contributed by atoms with E-state index >= 15 is 0 Å².